The summed E-state index contributed by atoms with van der Waals surface area (Å²) >= 11 is 1.37. The zero-order chi connectivity index (χ0) is 11.4. The van der Waals surface area contributed by atoms with Crippen molar-refractivity contribution in [1.82, 2.24) is 15.0 Å². The Kier molecular flexibility index (Phi) is 3.40. The van der Waals surface area contributed by atoms with Gasteiger partial charge in [-0.1, -0.05) is 13.3 Å². The van der Waals surface area contributed by atoms with Gasteiger partial charge in [-0.2, -0.15) is 0 Å². The van der Waals surface area contributed by atoms with Gasteiger partial charge in [-0.05, 0) is 18.2 Å². The molecule has 0 amide bonds. The Morgan fingerprint density at radius 2 is 2.25 bits per heavy atom. The van der Waals surface area contributed by atoms with Crippen LogP contribution in [0, 0.1) is 0 Å². The molecule has 0 atom stereocenters. The average molecular weight is 236 g/mol. The molecule has 0 unspecified atom stereocenters. The van der Waals surface area contributed by atoms with E-state index in [-0.39, 0.29) is 0 Å². The van der Waals surface area contributed by atoms with Gasteiger partial charge in [-0.15, -0.1) is 0 Å². The van der Waals surface area contributed by atoms with Gasteiger partial charge in [0.2, 0.25) is 0 Å². The van der Waals surface area contributed by atoms with Gasteiger partial charge in [-0.25, -0.2) is 15.0 Å². The lowest BCUT2D eigenvalue weighted by molar-refractivity contribution is 0.454. The van der Waals surface area contributed by atoms with Gasteiger partial charge >= 0.3 is 0 Å². The van der Waals surface area contributed by atoms with Crippen LogP contribution in [0.2, 0.25) is 0 Å². The van der Waals surface area contributed by atoms with Gasteiger partial charge in [0.1, 0.15) is 23.4 Å². The molecule has 2 rings (SSSR count). The monoisotopic (exact) mass is 236 g/mol. The summed E-state index contributed by atoms with van der Waals surface area (Å²) in [5.41, 5.74) is 6.79. The molecule has 0 aliphatic heterocycles. The van der Waals surface area contributed by atoms with Crippen LogP contribution in [0.1, 0.15) is 18.9 Å². The second kappa shape index (κ2) is 4.98. The van der Waals surface area contributed by atoms with Crippen LogP contribution in [0.15, 0.2) is 33.5 Å². The van der Waals surface area contributed by atoms with Gasteiger partial charge in [0.15, 0.2) is 0 Å². The average Bonchev–Trinajstić information content (AvgIpc) is 2.76. The first-order valence-electron chi connectivity index (χ1n) is 4.98. The first kappa shape index (κ1) is 10.9. The lowest BCUT2D eigenvalue weighted by Gasteiger charge is -2.06. The van der Waals surface area contributed by atoms with Crippen molar-refractivity contribution in [3.05, 3.63) is 24.4 Å². The predicted molar refractivity (Wildman–Crippen MR) is 61.1 cm³/mol. The Bertz CT molecular complexity index is 458. The Morgan fingerprint density at radius 3 is 2.94 bits per heavy atom. The summed E-state index contributed by atoms with van der Waals surface area (Å²) in [6, 6.07) is 0. The van der Waals surface area contributed by atoms with E-state index in [4.69, 9.17) is 10.2 Å². The van der Waals surface area contributed by atoms with E-state index in [0.717, 1.165) is 23.4 Å². The number of rotatable bonds is 4. The standard InChI is InChI=1S/C10H12N4OS/c1-2-3-7-8(11)13-6-14-9(7)16-10-12-4-5-15-10/h4-6H,2-3H2,1H3,(H2,11,13,14). The van der Waals surface area contributed by atoms with Crippen LogP contribution in [-0.4, -0.2) is 15.0 Å². The number of hydrogen-bond acceptors (Lipinski definition) is 6. The molecule has 16 heavy (non-hydrogen) atoms. The molecule has 2 aromatic heterocycles. The summed E-state index contributed by atoms with van der Waals surface area (Å²) in [7, 11) is 0. The molecule has 0 bridgehead atoms. The number of nitrogens with zero attached hydrogens (tertiary/aromatic N) is 3. The van der Waals surface area contributed by atoms with E-state index in [1.165, 1.54) is 24.4 Å². The van der Waals surface area contributed by atoms with Crippen LogP contribution in [0.25, 0.3) is 0 Å². The maximum Gasteiger partial charge on any atom is 0.261 e. The summed E-state index contributed by atoms with van der Waals surface area (Å²) in [6.45, 7) is 2.09. The highest BCUT2D eigenvalue weighted by atomic mass is 32.2. The first-order chi connectivity index (χ1) is 7.81. The van der Waals surface area contributed by atoms with E-state index in [1.807, 2.05) is 0 Å². The van der Waals surface area contributed by atoms with Gasteiger partial charge in [0.25, 0.3) is 5.22 Å². The van der Waals surface area contributed by atoms with Crippen LogP contribution in [-0.2, 0) is 6.42 Å². The summed E-state index contributed by atoms with van der Waals surface area (Å²) in [6.07, 6.45) is 6.45. The third-order valence-corrected chi connectivity index (χ3v) is 2.95. The quantitative estimate of drug-likeness (QED) is 0.819. The van der Waals surface area contributed by atoms with Crippen molar-refractivity contribution in [2.24, 2.45) is 0 Å². The first-order valence-corrected chi connectivity index (χ1v) is 5.79. The molecule has 0 saturated carbocycles. The van der Waals surface area contributed by atoms with Gasteiger partial charge in [0.05, 0.1) is 6.20 Å². The molecule has 0 spiro atoms. The van der Waals surface area contributed by atoms with Gasteiger partial charge in [-0.3, -0.25) is 0 Å². The molecule has 0 radical (unpaired) electrons. The Morgan fingerprint density at radius 1 is 1.38 bits per heavy atom. The van der Waals surface area contributed by atoms with Gasteiger partial charge in [0, 0.05) is 5.56 Å². The molecule has 6 heteroatoms. The zero-order valence-corrected chi connectivity index (χ0v) is 9.70. The molecule has 0 aliphatic carbocycles. The predicted octanol–water partition coefficient (Wildman–Crippen LogP) is 2.15. The SMILES string of the molecule is CCCc1c(N)ncnc1Sc1ncco1. The fourth-order valence-electron chi connectivity index (χ4n) is 1.33. The minimum atomic E-state index is 0.533. The summed E-state index contributed by atoms with van der Waals surface area (Å²) < 4.78 is 5.16. The highest BCUT2D eigenvalue weighted by Crippen LogP contribution is 2.29. The van der Waals surface area contributed by atoms with Crippen molar-refractivity contribution < 1.29 is 4.42 Å². The molecule has 5 nitrogen and oxygen atoms in total. The van der Waals surface area contributed by atoms with Gasteiger partial charge < -0.3 is 10.2 Å². The van der Waals surface area contributed by atoms with Crippen molar-refractivity contribution in [3.63, 3.8) is 0 Å². The number of oxazole rings is 1. The van der Waals surface area contributed by atoms with E-state index in [1.54, 1.807) is 6.20 Å². The summed E-state index contributed by atoms with van der Waals surface area (Å²) in [5, 5.41) is 1.38. The molecule has 0 fully saturated rings. The van der Waals surface area contributed by atoms with E-state index >= 15 is 0 Å². The van der Waals surface area contributed by atoms with Crippen molar-refractivity contribution in [3.8, 4) is 0 Å². The maximum absolute atomic E-state index is 5.82. The number of aromatic nitrogens is 3. The summed E-state index contributed by atoms with van der Waals surface area (Å²) in [4.78, 5) is 12.2. The molecule has 2 aromatic rings. The molecule has 84 valence electrons. The van der Waals surface area contributed by atoms with Crippen molar-refractivity contribution in [2.45, 2.75) is 30.0 Å². The minimum absolute atomic E-state index is 0.533. The third kappa shape index (κ3) is 2.33. The largest absolute Gasteiger partial charge is 0.440 e. The topological polar surface area (TPSA) is 77.8 Å². The second-order valence-corrected chi connectivity index (χ2v) is 4.13. The third-order valence-electron chi connectivity index (χ3n) is 2.03. The molecular weight excluding hydrogens is 224 g/mol. The number of nitrogens with two attached hydrogens (primary N) is 1. The number of anilines is 1. The molecule has 2 N–H and O–H groups in total. The molecule has 0 saturated heterocycles. The Hall–Kier alpha value is -1.56. The zero-order valence-electron chi connectivity index (χ0n) is 8.88. The van der Waals surface area contributed by atoms with Crippen LogP contribution in [0.5, 0.6) is 0 Å². The lowest BCUT2D eigenvalue weighted by Crippen LogP contribution is -2.01. The van der Waals surface area contributed by atoms with Crippen LogP contribution >= 0.6 is 11.8 Å². The molecule has 2 heterocycles. The van der Waals surface area contributed by atoms with Crippen molar-refractivity contribution in [2.75, 3.05) is 5.73 Å². The van der Waals surface area contributed by atoms with Crippen molar-refractivity contribution >= 4 is 17.6 Å². The minimum Gasteiger partial charge on any atom is -0.440 e. The van der Waals surface area contributed by atoms with E-state index in [0.29, 0.717) is 11.0 Å². The number of hydrogen-bond donors (Lipinski definition) is 1. The highest BCUT2D eigenvalue weighted by Gasteiger charge is 2.11. The van der Waals surface area contributed by atoms with Crippen LogP contribution < -0.4 is 5.73 Å². The molecule has 0 aromatic carbocycles. The van der Waals surface area contributed by atoms with Crippen LogP contribution in [0.4, 0.5) is 5.82 Å². The number of nitrogen functional groups attached to an aromatic ring is 1. The smallest absolute Gasteiger partial charge is 0.261 e. The fourth-order valence-corrected chi connectivity index (χ4v) is 2.14. The lowest BCUT2D eigenvalue weighted by atomic mass is 10.2. The summed E-state index contributed by atoms with van der Waals surface area (Å²) in [5.74, 6) is 0.533. The second-order valence-electron chi connectivity index (χ2n) is 3.19. The maximum atomic E-state index is 5.82. The van der Waals surface area contributed by atoms with E-state index in [9.17, 15) is 0 Å². The molecular formula is C10H12N4OS. The van der Waals surface area contributed by atoms with Crippen LogP contribution in [0.3, 0.4) is 0 Å². The Balaban J connectivity index is 2.29. The van der Waals surface area contributed by atoms with Crippen molar-refractivity contribution in [1.29, 1.82) is 0 Å². The van der Waals surface area contributed by atoms with E-state index in [2.05, 4.69) is 21.9 Å². The van der Waals surface area contributed by atoms with E-state index < -0.39 is 0 Å². The highest BCUT2D eigenvalue weighted by molar-refractivity contribution is 7.99. The Labute approximate surface area is 97.5 Å². The normalized spacial score (nSPS) is 10.6. The fraction of sp³-hybridized carbons (Fsp3) is 0.300. The molecule has 0 aliphatic rings.